The molecule has 3 rings (SSSR count). The summed E-state index contributed by atoms with van der Waals surface area (Å²) in [5, 5.41) is 0.561. The Balaban J connectivity index is 1.78. The van der Waals surface area contributed by atoms with E-state index < -0.39 is 10.8 Å². The van der Waals surface area contributed by atoms with E-state index in [1.54, 1.807) is 0 Å². The predicted molar refractivity (Wildman–Crippen MR) is 73.2 cm³/mol. The molecular formula is C15H18O2S. The molecule has 1 aromatic carbocycles. The minimum atomic E-state index is -0.668. The van der Waals surface area contributed by atoms with Gasteiger partial charge >= 0.3 is 0 Å². The summed E-state index contributed by atoms with van der Waals surface area (Å²) < 4.78 is 11.9. The van der Waals surface area contributed by atoms with Crippen LogP contribution in [0.5, 0.6) is 0 Å². The van der Waals surface area contributed by atoms with Crippen LogP contribution in [-0.2, 0) is 10.8 Å². The molecule has 96 valence electrons. The highest BCUT2D eigenvalue weighted by Gasteiger charge is 2.42. The van der Waals surface area contributed by atoms with Crippen LogP contribution in [0.3, 0.4) is 0 Å². The van der Waals surface area contributed by atoms with Crippen LogP contribution in [0.1, 0.15) is 41.6 Å². The zero-order chi connectivity index (χ0) is 12.7. The molecule has 2 aliphatic rings. The first kappa shape index (κ1) is 12.1. The highest BCUT2D eigenvalue weighted by Crippen LogP contribution is 2.39. The van der Waals surface area contributed by atoms with E-state index in [1.807, 2.05) is 31.2 Å². The summed E-state index contributed by atoms with van der Waals surface area (Å²) in [5.74, 6) is 0.353. The van der Waals surface area contributed by atoms with E-state index in [4.69, 9.17) is 0 Å². The van der Waals surface area contributed by atoms with Crippen molar-refractivity contribution >= 4 is 16.6 Å². The summed E-state index contributed by atoms with van der Waals surface area (Å²) in [6.45, 7) is 2.03. The van der Waals surface area contributed by atoms with Crippen LogP contribution in [0.2, 0.25) is 0 Å². The first-order valence-electron chi connectivity index (χ1n) is 6.65. The Hall–Kier alpha value is -0.960. The average Bonchev–Trinajstić information content (AvgIpc) is 2.62. The summed E-state index contributed by atoms with van der Waals surface area (Å²) in [5.41, 5.74) is 1.99. The molecule has 1 aromatic rings. The van der Waals surface area contributed by atoms with Gasteiger partial charge in [0, 0.05) is 32.8 Å². The molecule has 2 fully saturated rings. The van der Waals surface area contributed by atoms with Crippen molar-refractivity contribution in [3.05, 3.63) is 35.4 Å². The third-order valence-electron chi connectivity index (χ3n) is 4.27. The first-order chi connectivity index (χ1) is 8.65. The van der Waals surface area contributed by atoms with Gasteiger partial charge in [-0.3, -0.25) is 9.00 Å². The van der Waals surface area contributed by atoms with Gasteiger partial charge in [0.2, 0.25) is 0 Å². The molecule has 0 saturated carbocycles. The Morgan fingerprint density at radius 2 is 1.67 bits per heavy atom. The highest BCUT2D eigenvalue weighted by molar-refractivity contribution is 7.86. The first-order valence-corrected chi connectivity index (χ1v) is 7.93. The third kappa shape index (κ3) is 2.05. The molecule has 18 heavy (non-hydrogen) atoms. The van der Waals surface area contributed by atoms with Crippen molar-refractivity contribution in [1.82, 2.24) is 0 Å². The van der Waals surface area contributed by atoms with Gasteiger partial charge in [0.15, 0.2) is 5.78 Å². The lowest BCUT2D eigenvalue weighted by Crippen LogP contribution is -2.32. The maximum absolute atomic E-state index is 12.4. The summed E-state index contributed by atoms with van der Waals surface area (Å²) in [6, 6.07) is 7.82. The molecule has 2 bridgehead atoms. The number of rotatable bonds is 2. The minimum Gasteiger partial charge on any atom is -0.294 e. The summed E-state index contributed by atoms with van der Waals surface area (Å²) in [6.07, 6.45) is 3.76. The number of fused-ring (bicyclic) bond motifs is 2. The third-order valence-corrected chi connectivity index (χ3v) is 6.44. The molecule has 0 spiro atoms. The van der Waals surface area contributed by atoms with Gasteiger partial charge in [-0.15, -0.1) is 0 Å². The molecule has 2 aliphatic heterocycles. The fourth-order valence-corrected chi connectivity index (χ4v) is 5.33. The van der Waals surface area contributed by atoms with Gasteiger partial charge in [-0.25, -0.2) is 0 Å². The molecule has 2 atom stereocenters. The van der Waals surface area contributed by atoms with Crippen LogP contribution in [-0.4, -0.2) is 20.5 Å². The van der Waals surface area contributed by atoms with Crippen LogP contribution in [0.25, 0.3) is 0 Å². The van der Waals surface area contributed by atoms with Gasteiger partial charge in [-0.1, -0.05) is 29.8 Å². The van der Waals surface area contributed by atoms with Gasteiger partial charge in [0.25, 0.3) is 0 Å². The molecular weight excluding hydrogens is 244 g/mol. The summed E-state index contributed by atoms with van der Waals surface area (Å²) in [7, 11) is -0.668. The van der Waals surface area contributed by atoms with Gasteiger partial charge < -0.3 is 0 Å². The van der Waals surface area contributed by atoms with Crippen LogP contribution in [0.15, 0.2) is 24.3 Å². The maximum atomic E-state index is 12.4. The van der Waals surface area contributed by atoms with Crippen LogP contribution in [0.4, 0.5) is 0 Å². The Morgan fingerprint density at radius 3 is 2.22 bits per heavy atom. The molecule has 0 aromatic heterocycles. The van der Waals surface area contributed by atoms with Crippen LogP contribution in [0, 0.1) is 12.8 Å². The molecule has 2 heterocycles. The number of ketones is 1. The lowest BCUT2D eigenvalue weighted by molar-refractivity contribution is 0.0906. The van der Waals surface area contributed by atoms with Gasteiger partial charge in [0.1, 0.15) is 0 Å². The van der Waals surface area contributed by atoms with Crippen LogP contribution < -0.4 is 0 Å². The SMILES string of the molecule is Cc1ccc(C(=O)C2CC3CCC(C2)S3=O)cc1. The normalized spacial score (nSPS) is 34.5. The lowest BCUT2D eigenvalue weighted by Gasteiger charge is -2.26. The van der Waals surface area contributed by atoms with E-state index in [1.165, 1.54) is 5.56 Å². The molecule has 3 heteroatoms. The average molecular weight is 262 g/mol. The van der Waals surface area contributed by atoms with E-state index in [9.17, 15) is 9.00 Å². The second-order valence-corrected chi connectivity index (χ2v) is 7.54. The number of hydrogen-bond acceptors (Lipinski definition) is 2. The molecule has 2 unspecified atom stereocenters. The van der Waals surface area contributed by atoms with Crippen molar-refractivity contribution in [3.63, 3.8) is 0 Å². The zero-order valence-electron chi connectivity index (χ0n) is 10.6. The number of Topliss-reactive ketones (excluding diaryl/α,β-unsaturated/α-hetero) is 1. The predicted octanol–water partition coefficient (Wildman–Crippen LogP) is 2.87. The fraction of sp³-hybridized carbons (Fsp3) is 0.533. The quantitative estimate of drug-likeness (QED) is 0.768. The van der Waals surface area contributed by atoms with Crippen molar-refractivity contribution in [3.8, 4) is 0 Å². The Kier molecular flexibility index (Phi) is 3.10. The van der Waals surface area contributed by atoms with Crippen molar-refractivity contribution in [2.45, 2.75) is 43.1 Å². The monoisotopic (exact) mass is 262 g/mol. The second kappa shape index (κ2) is 4.61. The number of hydrogen-bond donors (Lipinski definition) is 0. The molecule has 0 N–H and O–H groups in total. The standard InChI is InChI=1S/C15H18O2S/c1-10-2-4-11(5-3-10)15(16)12-8-13-6-7-14(9-12)18(13)17/h2-5,12-14H,6-9H2,1H3. The van der Waals surface area contributed by atoms with Crippen molar-refractivity contribution in [1.29, 1.82) is 0 Å². The summed E-state index contributed by atoms with van der Waals surface area (Å²) in [4.78, 5) is 12.4. The Labute approximate surface area is 110 Å². The van der Waals surface area contributed by atoms with Crippen molar-refractivity contribution in [2.75, 3.05) is 0 Å². The number of aryl methyl sites for hydroxylation is 1. The van der Waals surface area contributed by atoms with Gasteiger partial charge in [0.05, 0.1) is 0 Å². The Morgan fingerprint density at radius 1 is 1.11 bits per heavy atom. The molecule has 0 aliphatic carbocycles. The Bertz CT molecular complexity index is 476. The number of carbonyl (C=O) groups excluding carboxylic acids is 1. The number of carbonyl (C=O) groups is 1. The van der Waals surface area contributed by atoms with E-state index in [-0.39, 0.29) is 22.2 Å². The van der Waals surface area contributed by atoms with E-state index in [0.29, 0.717) is 0 Å². The van der Waals surface area contributed by atoms with Crippen LogP contribution >= 0.6 is 0 Å². The molecule has 2 saturated heterocycles. The zero-order valence-corrected chi connectivity index (χ0v) is 11.4. The highest BCUT2D eigenvalue weighted by atomic mass is 32.2. The smallest absolute Gasteiger partial charge is 0.166 e. The molecule has 0 amide bonds. The van der Waals surface area contributed by atoms with E-state index >= 15 is 0 Å². The lowest BCUT2D eigenvalue weighted by atomic mass is 9.90. The number of benzene rings is 1. The second-order valence-electron chi connectivity index (χ2n) is 5.55. The minimum absolute atomic E-state index is 0.0999. The van der Waals surface area contributed by atoms with Gasteiger partial charge in [-0.05, 0) is 32.6 Å². The van der Waals surface area contributed by atoms with Crippen molar-refractivity contribution in [2.24, 2.45) is 5.92 Å². The fourth-order valence-electron chi connectivity index (χ4n) is 3.20. The van der Waals surface area contributed by atoms with E-state index in [0.717, 1.165) is 31.2 Å². The summed E-state index contributed by atoms with van der Waals surface area (Å²) >= 11 is 0. The topological polar surface area (TPSA) is 34.1 Å². The molecule has 2 nitrogen and oxygen atoms in total. The van der Waals surface area contributed by atoms with E-state index in [2.05, 4.69) is 0 Å². The van der Waals surface area contributed by atoms with Gasteiger partial charge in [-0.2, -0.15) is 0 Å². The largest absolute Gasteiger partial charge is 0.294 e. The van der Waals surface area contributed by atoms with Crippen molar-refractivity contribution < 1.29 is 9.00 Å². The molecule has 0 radical (unpaired) electrons. The maximum Gasteiger partial charge on any atom is 0.166 e.